The molecule has 0 aromatic heterocycles. The number of alkyl halides is 6. The molecule has 0 bridgehead atoms. The lowest BCUT2D eigenvalue weighted by molar-refractivity contribution is -0.138. The van der Waals surface area contributed by atoms with Gasteiger partial charge in [-0.15, -0.1) is 0 Å². The number of hydrogen-bond donors (Lipinski definition) is 1. The van der Waals surface area contributed by atoms with Crippen LogP contribution in [-0.2, 0) is 22.7 Å². The van der Waals surface area contributed by atoms with Crippen molar-refractivity contribution in [2.45, 2.75) is 30.7 Å². The second kappa shape index (κ2) is 7.03. The Labute approximate surface area is 168 Å². The third kappa shape index (κ3) is 3.73. The number of aliphatic imine (C=N–C) groups is 1. The van der Waals surface area contributed by atoms with Crippen LogP contribution < -0.4 is 5.73 Å². The van der Waals surface area contributed by atoms with Crippen LogP contribution in [-0.4, -0.2) is 23.8 Å². The third-order valence-electron chi connectivity index (χ3n) is 5.18. The van der Waals surface area contributed by atoms with E-state index in [0.717, 1.165) is 41.3 Å². The molecular weight excluding hydrogens is 412 g/mol. The maximum Gasteiger partial charge on any atom is 0.416 e. The average molecular weight is 429 g/mol. The Morgan fingerprint density at radius 3 is 2.07 bits per heavy atom. The van der Waals surface area contributed by atoms with Crippen LogP contribution in [0.5, 0.6) is 0 Å². The van der Waals surface area contributed by atoms with E-state index in [-0.39, 0.29) is 17.1 Å². The fraction of sp³-hybridized carbons (Fsp3) is 0.300. The minimum absolute atomic E-state index is 0.0617. The number of halogens is 6. The SMILES string of the molecule is CN1C(=O)[C@H](c2ccc(C(F)(F)F)cc2)[C@@](C)(c2cccc(C(F)(F)F)c2)N=C1N. The number of hydrogen-bond acceptors (Lipinski definition) is 3. The van der Waals surface area contributed by atoms with Crippen LogP contribution in [0, 0.1) is 0 Å². The van der Waals surface area contributed by atoms with Crippen LogP contribution in [0.1, 0.15) is 35.1 Å². The average Bonchev–Trinajstić information content (AvgIpc) is 2.65. The summed E-state index contributed by atoms with van der Waals surface area (Å²) in [6.07, 6.45) is -9.19. The van der Waals surface area contributed by atoms with Crippen molar-refractivity contribution in [2.24, 2.45) is 10.7 Å². The summed E-state index contributed by atoms with van der Waals surface area (Å²) in [6.45, 7) is 1.43. The molecule has 0 fully saturated rings. The fourth-order valence-corrected chi connectivity index (χ4v) is 3.50. The molecule has 2 atom stereocenters. The normalized spacial score (nSPS) is 22.8. The second-order valence-corrected chi connectivity index (χ2v) is 7.15. The van der Waals surface area contributed by atoms with E-state index in [1.54, 1.807) is 0 Å². The van der Waals surface area contributed by atoms with Crippen molar-refractivity contribution in [3.63, 3.8) is 0 Å². The Hall–Kier alpha value is -3.04. The van der Waals surface area contributed by atoms with Gasteiger partial charge in [-0.3, -0.25) is 9.69 Å². The molecule has 0 aliphatic carbocycles. The van der Waals surface area contributed by atoms with Gasteiger partial charge in [-0.25, -0.2) is 4.99 Å². The molecule has 0 saturated carbocycles. The van der Waals surface area contributed by atoms with Crippen LogP contribution in [0.2, 0.25) is 0 Å². The van der Waals surface area contributed by atoms with E-state index in [1.165, 1.54) is 26.1 Å². The standard InChI is InChI=1S/C20H17F6N3O/c1-18(13-4-3-5-14(10-13)20(24,25)26)15(16(30)29(2)17(27)28-18)11-6-8-12(9-7-11)19(21,22)23/h3-10,15H,1-2H3,(H2,27,28)/t15-,18+/m0/s1. The van der Waals surface area contributed by atoms with Gasteiger partial charge in [-0.2, -0.15) is 26.3 Å². The molecule has 2 aromatic carbocycles. The summed E-state index contributed by atoms with van der Waals surface area (Å²) in [5.41, 5.74) is 2.64. The molecule has 4 nitrogen and oxygen atoms in total. The van der Waals surface area contributed by atoms with E-state index in [9.17, 15) is 31.1 Å². The number of nitrogens with zero attached hydrogens (tertiary/aromatic N) is 2. The number of carbonyl (C=O) groups excluding carboxylic acids is 1. The molecule has 160 valence electrons. The van der Waals surface area contributed by atoms with Gasteiger partial charge >= 0.3 is 12.4 Å². The van der Waals surface area contributed by atoms with Crippen molar-refractivity contribution in [2.75, 3.05) is 7.05 Å². The van der Waals surface area contributed by atoms with Crippen molar-refractivity contribution in [1.82, 2.24) is 4.90 Å². The van der Waals surface area contributed by atoms with Crippen LogP contribution >= 0.6 is 0 Å². The summed E-state index contributed by atoms with van der Waals surface area (Å²) in [4.78, 5) is 18.3. The van der Waals surface area contributed by atoms with E-state index >= 15 is 0 Å². The molecule has 0 spiro atoms. The molecule has 1 aliphatic rings. The highest BCUT2D eigenvalue weighted by Gasteiger charge is 2.48. The zero-order valence-corrected chi connectivity index (χ0v) is 15.8. The van der Waals surface area contributed by atoms with E-state index in [0.29, 0.717) is 0 Å². The molecule has 10 heteroatoms. The first-order valence-corrected chi connectivity index (χ1v) is 8.73. The zero-order valence-electron chi connectivity index (χ0n) is 15.8. The van der Waals surface area contributed by atoms with Gasteiger partial charge in [-0.1, -0.05) is 24.3 Å². The van der Waals surface area contributed by atoms with Gasteiger partial charge in [-0.05, 0) is 42.3 Å². The molecule has 0 radical (unpaired) electrons. The Morgan fingerprint density at radius 1 is 0.967 bits per heavy atom. The van der Waals surface area contributed by atoms with Crippen LogP contribution in [0.3, 0.4) is 0 Å². The number of carbonyl (C=O) groups is 1. The first-order chi connectivity index (χ1) is 13.7. The number of nitrogens with two attached hydrogens (primary N) is 1. The van der Waals surface area contributed by atoms with Gasteiger partial charge in [0.2, 0.25) is 5.91 Å². The largest absolute Gasteiger partial charge is 0.416 e. The van der Waals surface area contributed by atoms with E-state index in [4.69, 9.17) is 5.73 Å². The Kier molecular flexibility index (Phi) is 5.08. The van der Waals surface area contributed by atoms with Crippen LogP contribution in [0.15, 0.2) is 53.5 Å². The molecule has 3 rings (SSSR count). The van der Waals surface area contributed by atoms with Gasteiger partial charge < -0.3 is 5.73 Å². The number of benzene rings is 2. The molecule has 0 saturated heterocycles. The zero-order chi connectivity index (χ0) is 22.5. The van der Waals surface area contributed by atoms with Gasteiger partial charge in [0.15, 0.2) is 5.96 Å². The summed E-state index contributed by atoms with van der Waals surface area (Å²) >= 11 is 0. The van der Waals surface area contributed by atoms with Crippen molar-refractivity contribution in [3.05, 3.63) is 70.8 Å². The minimum Gasteiger partial charge on any atom is -0.369 e. The number of likely N-dealkylation sites (N-methyl/N-ethyl adjacent to an activating group) is 1. The predicted octanol–water partition coefficient (Wildman–Crippen LogP) is 4.51. The van der Waals surface area contributed by atoms with Crippen molar-refractivity contribution in [3.8, 4) is 0 Å². The fourth-order valence-electron chi connectivity index (χ4n) is 3.50. The van der Waals surface area contributed by atoms with E-state index < -0.39 is 40.8 Å². The lowest BCUT2D eigenvalue weighted by atomic mass is 9.74. The molecule has 2 aromatic rings. The first kappa shape index (κ1) is 21.7. The highest BCUT2D eigenvalue weighted by Crippen LogP contribution is 2.45. The monoisotopic (exact) mass is 429 g/mol. The smallest absolute Gasteiger partial charge is 0.369 e. The van der Waals surface area contributed by atoms with Crippen molar-refractivity contribution >= 4 is 11.9 Å². The Balaban J connectivity index is 2.18. The molecule has 1 amide bonds. The molecule has 30 heavy (non-hydrogen) atoms. The van der Waals surface area contributed by atoms with Crippen molar-refractivity contribution in [1.29, 1.82) is 0 Å². The van der Waals surface area contributed by atoms with Crippen LogP contribution in [0.4, 0.5) is 26.3 Å². The molecule has 2 N–H and O–H groups in total. The first-order valence-electron chi connectivity index (χ1n) is 8.73. The molecule has 0 unspecified atom stereocenters. The molecule has 1 heterocycles. The summed E-state index contributed by atoms with van der Waals surface area (Å²) in [5.74, 6) is -1.98. The lowest BCUT2D eigenvalue weighted by Gasteiger charge is -2.41. The third-order valence-corrected chi connectivity index (χ3v) is 5.18. The molecule has 1 aliphatic heterocycles. The summed E-state index contributed by atoms with van der Waals surface area (Å²) < 4.78 is 78.3. The molecular formula is C20H17F6N3O. The second-order valence-electron chi connectivity index (χ2n) is 7.15. The summed E-state index contributed by atoms with van der Waals surface area (Å²) in [5, 5.41) is 0. The van der Waals surface area contributed by atoms with Crippen LogP contribution in [0.25, 0.3) is 0 Å². The van der Waals surface area contributed by atoms with E-state index in [1.807, 2.05) is 0 Å². The Morgan fingerprint density at radius 2 is 1.53 bits per heavy atom. The number of rotatable bonds is 2. The van der Waals surface area contributed by atoms with Gasteiger partial charge in [0.05, 0.1) is 17.0 Å². The minimum atomic E-state index is -4.62. The maximum atomic E-state index is 13.2. The lowest BCUT2D eigenvalue weighted by Crippen LogP contribution is -2.52. The van der Waals surface area contributed by atoms with Gasteiger partial charge in [0.1, 0.15) is 5.54 Å². The van der Waals surface area contributed by atoms with Gasteiger partial charge in [0, 0.05) is 7.05 Å². The highest BCUT2D eigenvalue weighted by atomic mass is 19.4. The summed E-state index contributed by atoms with van der Waals surface area (Å²) in [7, 11) is 1.34. The quantitative estimate of drug-likeness (QED) is 0.715. The topological polar surface area (TPSA) is 58.7 Å². The highest BCUT2D eigenvalue weighted by molar-refractivity contribution is 6.02. The Bertz CT molecular complexity index is 997. The van der Waals surface area contributed by atoms with Crippen molar-refractivity contribution < 1.29 is 31.1 Å². The number of amides is 1. The maximum absolute atomic E-state index is 13.2. The predicted molar refractivity (Wildman–Crippen MR) is 97.4 cm³/mol. The van der Waals surface area contributed by atoms with Gasteiger partial charge in [0.25, 0.3) is 0 Å². The van der Waals surface area contributed by atoms with E-state index in [2.05, 4.69) is 4.99 Å². The summed E-state index contributed by atoms with van der Waals surface area (Å²) in [6, 6.07) is 8.19. The number of guanidine groups is 1.